The van der Waals surface area contributed by atoms with Gasteiger partial charge in [-0.3, -0.25) is 0 Å². The number of para-hydroxylation sites is 2. The zero-order valence-corrected chi connectivity index (χ0v) is 13.7. The van der Waals surface area contributed by atoms with Gasteiger partial charge in [-0.15, -0.1) is 11.3 Å². The Morgan fingerprint density at radius 1 is 1.27 bits per heavy atom. The maximum atomic E-state index is 10.2. The topological polar surface area (TPSA) is 50.1 Å². The molecule has 0 aliphatic heterocycles. The lowest BCUT2D eigenvalue weighted by Gasteiger charge is -2.17. The second-order valence-electron chi connectivity index (χ2n) is 5.62. The number of benzene rings is 1. The maximum absolute atomic E-state index is 10.2. The summed E-state index contributed by atoms with van der Waals surface area (Å²) in [4.78, 5) is 5.68. The Labute approximate surface area is 134 Å². The van der Waals surface area contributed by atoms with Crippen molar-refractivity contribution in [3.05, 3.63) is 52.5 Å². The van der Waals surface area contributed by atoms with Gasteiger partial charge in [-0.05, 0) is 36.9 Å². The van der Waals surface area contributed by atoms with Gasteiger partial charge in [0.2, 0.25) is 0 Å². The predicted octanol–water partition coefficient (Wildman–Crippen LogP) is 3.24. The van der Waals surface area contributed by atoms with Crippen molar-refractivity contribution in [2.24, 2.45) is 7.05 Å². The van der Waals surface area contributed by atoms with Crippen molar-refractivity contribution in [3.63, 3.8) is 0 Å². The number of aryl methyl sites for hydroxylation is 1. The quantitative estimate of drug-likeness (QED) is 0.734. The average Bonchev–Trinajstić information content (AvgIpc) is 3.14. The molecule has 5 heteroatoms. The molecule has 2 heterocycles. The molecule has 22 heavy (non-hydrogen) atoms. The zero-order chi connectivity index (χ0) is 15.5. The molecule has 3 aromatic rings. The predicted molar refractivity (Wildman–Crippen MR) is 90.9 cm³/mol. The molecule has 2 atom stereocenters. The molecule has 0 saturated carbocycles. The van der Waals surface area contributed by atoms with Crippen molar-refractivity contribution in [2.45, 2.75) is 32.0 Å². The minimum Gasteiger partial charge on any atom is -0.388 e. The van der Waals surface area contributed by atoms with Crippen LogP contribution < -0.4 is 5.32 Å². The minimum atomic E-state index is -0.400. The lowest BCUT2D eigenvalue weighted by Crippen LogP contribution is -2.28. The van der Waals surface area contributed by atoms with Crippen LogP contribution in [0.25, 0.3) is 11.0 Å². The molecular formula is C17H21N3OS. The largest absolute Gasteiger partial charge is 0.388 e. The van der Waals surface area contributed by atoms with Gasteiger partial charge in [0.1, 0.15) is 5.82 Å². The molecule has 2 aromatic heterocycles. The molecule has 0 spiro atoms. The molecule has 0 saturated heterocycles. The first-order valence-electron chi connectivity index (χ1n) is 7.50. The van der Waals surface area contributed by atoms with E-state index in [2.05, 4.69) is 27.9 Å². The molecule has 0 amide bonds. The van der Waals surface area contributed by atoms with Crippen LogP contribution in [0.5, 0.6) is 0 Å². The molecule has 4 nitrogen and oxygen atoms in total. The standard InChI is InChI=1S/C17H21N3OS/c1-12(10-15(21)16-8-5-9-22-16)18-11-17-19-13-6-3-4-7-14(13)20(17)2/h3-9,12,15,18,21H,10-11H2,1-2H3/t12-,15-/m1/s1. The normalized spacial score (nSPS) is 14.3. The Morgan fingerprint density at radius 2 is 2.09 bits per heavy atom. The van der Waals surface area contributed by atoms with Crippen LogP contribution in [0.2, 0.25) is 0 Å². The summed E-state index contributed by atoms with van der Waals surface area (Å²) in [6.45, 7) is 2.79. The zero-order valence-electron chi connectivity index (χ0n) is 12.9. The number of aliphatic hydroxyl groups is 1. The number of nitrogens with one attached hydrogen (secondary N) is 1. The fourth-order valence-electron chi connectivity index (χ4n) is 2.63. The summed E-state index contributed by atoms with van der Waals surface area (Å²) in [7, 11) is 2.04. The van der Waals surface area contributed by atoms with E-state index in [1.54, 1.807) is 11.3 Å². The maximum Gasteiger partial charge on any atom is 0.123 e. The number of aromatic nitrogens is 2. The van der Waals surface area contributed by atoms with E-state index in [9.17, 15) is 5.11 Å². The van der Waals surface area contributed by atoms with Gasteiger partial charge in [-0.25, -0.2) is 4.98 Å². The Bertz CT molecular complexity index is 736. The van der Waals surface area contributed by atoms with Crippen LogP contribution in [-0.2, 0) is 13.6 Å². The van der Waals surface area contributed by atoms with E-state index in [0.717, 1.165) is 21.7 Å². The third kappa shape index (κ3) is 3.21. The summed E-state index contributed by atoms with van der Waals surface area (Å²) >= 11 is 1.60. The number of thiophene rings is 1. The van der Waals surface area contributed by atoms with Crippen LogP contribution in [0.15, 0.2) is 41.8 Å². The van der Waals surface area contributed by atoms with Crippen molar-refractivity contribution >= 4 is 22.4 Å². The van der Waals surface area contributed by atoms with E-state index in [4.69, 9.17) is 0 Å². The SMILES string of the molecule is C[C@H](C[C@@H](O)c1cccs1)NCc1nc2ccccc2n1C. The highest BCUT2D eigenvalue weighted by atomic mass is 32.1. The van der Waals surface area contributed by atoms with Gasteiger partial charge < -0.3 is 15.0 Å². The van der Waals surface area contributed by atoms with Gasteiger partial charge in [0, 0.05) is 18.0 Å². The van der Waals surface area contributed by atoms with Crippen molar-refractivity contribution < 1.29 is 5.11 Å². The molecule has 2 N–H and O–H groups in total. The van der Waals surface area contributed by atoms with Crippen molar-refractivity contribution in [2.75, 3.05) is 0 Å². The van der Waals surface area contributed by atoms with Gasteiger partial charge in [-0.2, -0.15) is 0 Å². The Morgan fingerprint density at radius 3 is 2.82 bits per heavy atom. The number of aliphatic hydroxyl groups excluding tert-OH is 1. The van der Waals surface area contributed by atoms with E-state index in [-0.39, 0.29) is 6.04 Å². The minimum absolute atomic E-state index is 0.219. The summed E-state index contributed by atoms with van der Waals surface area (Å²) in [5.41, 5.74) is 2.17. The first kappa shape index (κ1) is 15.2. The summed E-state index contributed by atoms with van der Waals surface area (Å²) in [6, 6.07) is 12.3. The molecule has 0 fully saturated rings. The fourth-order valence-corrected chi connectivity index (χ4v) is 3.36. The van der Waals surface area contributed by atoms with Gasteiger partial charge in [0.05, 0.1) is 23.7 Å². The number of nitrogens with zero attached hydrogens (tertiary/aromatic N) is 2. The van der Waals surface area contributed by atoms with Crippen LogP contribution in [-0.4, -0.2) is 20.7 Å². The lowest BCUT2D eigenvalue weighted by molar-refractivity contribution is 0.157. The highest BCUT2D eigenvalue weighted by Gasteiger charge is 2.14. The second-order valence-corrected chi connectivity index (χ2v) is 6.60. The van der Waals surface area contributed by atoms with Gasteiger partial charge in [-0.1, -0.05) is 18.2 Å². The highest BCUT2D eigenvalue weighted by molar-refractivity contribution is 7.10. The summed E-state index contributed by atoms with van der Waals surface area (Å²) < 4.78 is 2.12. The Kier molecular flexibility index (Phi) is 4.57. The van der Waals surface area contributed by atoms with Crippen LogP contribution in [0.3, 0.4) is 0 Å². The molecule has 1 aromatic carbocycles. The second kappa shape index (κ2) is 6.60. The van der Waals surface area contributed by atoms with E-state index in [1.165, 1.54) is 0 Å². The van der Waals surface area contributed by atoms with Crippen LogP contribution in [0.1, 0.15) is 30.2 Å². The van der Waals surface area contributed by atoms with E-state index in [1.807, 2.05) is 42.8 Å². The lowest BCUT2D eigenvalue weighted by atomic mass is 10.1. The highest BCUT2D eigenvalue weighted by Crippen LogP contribution is 2.23. The first-order valence-corrected chi connectivity index (χ1v) is 8.38. The van der Waals surface area contributed by atoms with Crippen molar-refractivity contribution in [1.29, 1.82) is 0 Å². The summed E-state index contributed by atoms with van der Waals surface area (Å²) in [5.74, 6) is 1.01. The number of imidazole rings is 1. The first-order chi connectivity index (χ1) is 10.6. The third-order valence-corrected chi connectivity index (χ3v) is 4.91. The number of hydrogen-bond acceptors (Lipinski definition) is 4. The van der Waals surface area contributed by atoms with Crippen molar-refractivity contribution in [1.82, 2.24) is 14.9 Å². The summed E-state index contributed by atoms with van der Waals surface area (Å²) in [5, 5.41) is 15.6. The molecule has 0 bridgehead atoms. The van der Waals surface area contributed by atoms with Crippen LogP contribution in [0, 0.1) is 0 Å². The van der Waals surface area contributed by atoms with E-state index >= 15 is 0 Å². The molecule has 0 aliphatic rings. The fraction of sp³-hybridized carbons (Fsp3) is 0.353. The van der Waals surface area contributed by atoms with Crippen LogP contribution >= 0.6 is 11.3 Å². The van der Waals surface area contributed by atoms with E-state index in [0.29, 0.717) is 13.0 Å². The van der Waals surface area contributed by atoms with Crippen LogP contribution in [0.4, 0.5) is 0 Å². The molecule has 0 aliphatic carbocycles. The van der Waals surface area contributed by atoms with Crippen molar-refractivity contribution in [3.8, 4) is 0 Å². The molecule has 0 unspecified atom stereocenters. The van der Waals surface area contributed by atoms with E-state index < -0.39 is 6.10 Å². The smallest absolute Gasteiger partial charge is 0.123 e. The molecule has 3 rings (SSSR count). The number of rotatable bonds is 6. The summed E-state index contributed by atoms with van der Waals surface area (Å²) in [6.07, 6.45) is 0.299. The number of fused-ring (bicyclic) bond motifs is 1. The number of hydrogen-bond donors (Lipinski definition) is 2. The molecular weight excluding hydrogens is 294 g/mol. The molecule has 0 radical (unpaired) electrons. The van der Waals surface area contributed by atoms with Gasteiger partial charge >= 0.3 is 0 Å². The van der Waals surface area contributed by atoms with Gasteiger partial charge in [0.15, 0.2) is 0 Å². The molecule has 116 valence electrons. The average molecular weight is 315 g/mol. The van der Waals surface area contributed by atoms with Gasteiger partial charge in [0.25, 0.3) is 0 Å². The Balaban J connectivity index is 1.60. The monoisotopic (exact) mass is 315 g/mol. The Hall–Kier alpha value is -1.69. The third-order valence-electron chi connectivity index (χ3n) is 3.94.